The molecule has 0 saturated heterocycles. The number of hydrogen-bond acceptors (Lipinski definition) is 1. The largest absolute Gasteiger partial charge is 1.00 e. The van der Waals surface area contributed by atoms with Crippen LogP contribution in [0.2, 0.25) is 0 Å². The van der Waals surface area contributed by atoms with E-state index < -0.39 is 12.4 Å². The van der Waals surface area contributed by atoms with E-state index in [0.717, 1.165) is 6.07 Å². The van der Waals surface area contributed by atoms with E-state index in [1.807, 2.05) is 0 Å². The van der Waals surface area contributed by atoms with Crippen molar-refractivity contribution in [3.63, 3.8) is 0 Å². The number of ether oxygens (including phenoxy) is 1. The third kappa shape index (κ3) is 4.48. The van der Waals surface area contributed by atoms with Gasteiger partial charge in [-0.2, -0.15) is 0 Å². The fourth-order valence-corrected chi connectivity index (χ4v) is 1.27. The van der Waals surface area contributed by atoms with Crippen LogP contribution >= 0.6 is 0 Å². The van der Waals surface area contributed by atoms with Crippen LogP contribution in [0.3, 0.4) is 0 Å². The van der Waals surface area contributed by atoms with Crippen molar-refractivity contribution in [2.75, 3.05) is 6.61 Å². The second-order valence-electron chi connectivity index (χ2n) is 3.03. The normalized spacial score (nSPS) is 10.7. The van der Waals surface area contributed by atoms with E-state index >= 15 is 0 Å². The van der Waals surface area contributed by atoms with E-state index in [4.69, 9.17) is 4.74 Å². The number of hydrogen-bond donors (Lipinski definition) is 0. The molecule has 1 aromatic rings. The summed E-state index contributed by atoms with van der Waals surface area (Å²) in [6.07, 6.45) is 0. The minimum Gasteiger partial charge on any atom is -0.494 e. The maximum Gasteiger partial charge on any atom is 1.00 e. The van der Waals surface area contributed by atoms with Gasteiger partial charge in [-0.1, -0.05) is 11.6 Å². The molecule has 6 heteroatoms. The molecule has 1 rings (SSSR count). The predicted octanol–water partition coefficient (Wildman–Crippen LogP) is -0.548. The molecule has 0 spiro atoms. The average Bonchev–Trinajstić information content (AvgIpc) is 2.02. The van der Waals surface area contributed by atoms with Crippen LogP contribution < -0.4 is 61.6 Å². The summed E-state index contributed by atoms with van der Waals surface area (Å²) >= 11 is 0. The zero-order chi connectivity index (χ0) is 10.8. The molecule has 0 atom stereocenters. The fraction of sp³-hybridized carbons (Fsp3) is 0.333. The van der Waals surface area contributed by atoms with Gasteiger partial charge in [-0.25, -0.2) is 0 Å². The van der Waals surface area contributed by atoms with Gasteiger partial charge in [0.1, 0.15) is 5.75 Å². The molecule has 0 aliphatic rings. The van der Waals surface area contributed by atoms with E-state index in [9.17, 15) is 12.9 Å². The third-order valence-corrected chi connectivity index (χ3v) is 1.90. The van der Waals surface area contributed by atoms with Crippen LogP contribution in [0.4, 0.5) is 12.9 Å². The van der Waals surface area contributed by atoms with Crippen LogP contribution in [0.5, 0.6) is 5.75 Å². The Morgan fingerprint density at radius 3 is 2.27 bits per heavy atom. The molecule has 0 radical (unpaired) electrons. The summed E-state index contributed by atoms with van der Waals surface area (Å²) in [5, 5.41) is 0. The first kappa shape index (κ1) is 15.5. The van der Waals surface area contributed by atoms with Crippen molar-refractivity contribution in [3.05, 3.63) is 23.8 Å². The van der Waals surface area contributed by atoms with Gasteiger partial charge in [0.05, 0.1) is 6.61 Å². The Hall–Kier alpha value is 0.511. The third-order valence-electron chi connectivity index (χ3n) is 1.90. The van der Waals surface area contributed by atoms with E-state index in [-0.39, 0.29) is 56.9 Å². The molecule has 0 saturated carbocycles. The smallest absolute Gasteiger partial charge is 0.494 e. The van der Waals surface area contributed by atoms with Crippen LogP contribution in [-0.2, 0) is 0 Å². The van der Waals surface area contributed by atoms with Gasteiger partial charge in [0.15, 0.2) is 0 Å². The molecule has 1 nitrogen and oxygen atoms in total. The monoisotopic (exact) mass is 242 g/mol. The Morgan fingerprint density at radius 2 is 1.87 bits per heavy atom. The minimum atomic E-state index is -4.91. The van der Waals surface area contributed by atoms with Crippen LogP contribution in [0, 0.1) is 6.92 Å². The van der Waals surface area contributed by atoms with Gasteiger partial charge >= 0.3 is 58.4 Å². The predicted molar refractivity (Wildman–Crippen MR) is 51.1 cm³/mol. The molecule has 0 amide bonds. The zero-order valence-electron chi connectivity index (χ0n) is 9.06. The van der Waals surface area contributed by atoms with Gasteiger partial charge in [0.2, 0.25) is 0 Å². The van der Waals surface area contributed by atoms with Crippen molar-refractivity contribution in [2.45, 2.75) is 13.8 Å². The fourth-order valence-electron chi connectivity index (χ4n) is 1.27. The summed E-state index contributed by atoms with van der Waals surface area (Å²) < 4.78 is 42.3. The molecular formula is C9H11BF3KO. The second kappa shape index (κ2) is 6.30. The van der Waals surface area contributed by atoms with Crippen molar-refractivity contribution >= 4 is 12.4 Å². The van der Waals surface area contributed by atoms with Crippen molar-refractivity contribution in [2.24, 2.45) is 0 Å². The minimum absolute atomic E-state index is 0. The summed E-state index contributed by atoms with van der Waals surface area (Å²) in [4.78, 5) is 0. The quantitative estimate of drug-likeness (QED) is 0.646. The molecule has 0 bridgehead atoms. The summed E-state index contributed by atoms with van der Waals surface area (Å²) in [5.41, 5.74) is -0.336. The Morgan fingerprint density at radius 1 is 1.27 bits per heavy atom. The van der Waals surface area contributed by atoms with Gasteiger partial charge in [0.25, 0.3) is 0 Å². The Balaban J connectivity index is 0.00000196. The van der Waals surface area contributed by atoms with Crippen LogP contribution in [0.1, 0.15) is 12.5 Å². The summed E-state index contributed by atoms with van der Waals surface area (Å²) in [6.45, 7) is -1.23. The van der Waals surface area contributed by atoms with Crippen molar-refractivity contribution in [1.82, 2.24) is 0 Å². The molecule has 0 unspecified atom stereocenters. The Bertz CT molecular complexity index is 328. The average molecular weight is 242 g/mol. The first-order valence-electron chi connectivity index (χ1n) is 4.38. The first-order valence-corrected chi connectivity index (χ1v) is 4.38. The number of benzene rings is 1. The van der Waals surface area contributed by atoms with E-state index in [1.54, 1.807) is 6.92 Å². The van der Waals surface area contributed by atoms with E-state index in [2.05, 4.69) is 0 Å². The first-order chi connectivity index (χ1) is 6.45. The Labute approximate surface area is 130 Å². The van der Waals surface area contributed by atoms with Gasteiger partial charge in [-0.05, 0) is 26.0 Å². The molecule has 0 fully saturated rings. The van der Waals surface area contributed by atoms with Crippen LogP contribution in [0.15, 0.2) is 18.2 Å². The zero-order valence-corrected chi connectivity index (χ0v) is 12.2. The number of aryl methyl sites for hydroxylation is 1. The summed E-state index contributed by atoms with van der Waals surface area (Å²) in [5.74, 6) is 0.480. The van der Waals surface area contributed by atoms with E-state index in [1.165, 1.54) is 19.1 Å². The molecule has 15 heavy (non-hydrogen) atoms. The van der Waals surface area contributed by atoms with Gasteiger partial charge in [0, 0.05) is 0 Å². The maximum atomic E-state index is 12.4. The molecule has 78 valence electrons. The number of rotatable bonds is 3. The van der Waals surface area contributed by atoms with E-state index in [0.29, 0.717) is 12.4 Å². The standard InChI is InChI=1S/C9H11BF3O.K/c1-3-14-8-4-5-9(7(2)6-8)10(11,12)13;/h4-6H,3H2,1-2H3;/q-1;+1. The molecule has 0 N–H and O–H groups in total. The van der Waals surface area contributed by atoms with Gasteiger partial charge in [-0.15, -0.1) is 5.46 Å². The van der Waals surface area contributed by atoms with Crippen LogP contribution in [0.25, 0.3) is 0 Å². The maximum absolute atomic E-state index is 12.4. The number of halogens is 3. The van der Waals surface area contributed by atoms with Gasteiger partial charge < -0.3 is 17.7 Å². The molecule has 0 aromatic heterocycles. The molecule has 1 aromatic carbocycles. The van der Waals surface area contributed by atoms with Crippen molar-refractivity contribution in [3.8, 4) is 5.75 Å². The summed E-state index contributed by atoms with van der Waals surface area (Å²) in [7, 11) is 0. The molecule has 0 aliphatic heterocycles. The van der Waals surface area contributed by atoms with Crippen molar-refractivity contribution in [1.29, 1.82) is 0 Å². The van der Waals surface area contributed by atoms with Crippen molar-refractivity contribution < 1.29 is 69.1 Å². The molecular weight excluding hydrogens is 231 g/mol. The SMILES string of the molecule is CCOc1ccc([B-](F)(F)F)c(C)c1.[K+]. The molecule has 0 aliphatic carbocycles. The Kier molecular flexibility index (Phi) is 6.51. The van der Waals surface area contributed by atoms with Gasteiger partial charge in [-0.3, -0.25) is 0 Å². The topological polar surface area (TPSA) is 9.23 Å². The second-order valence-corrected chi connectivity index (χ2v) is 3.03. The summed E-state index contributed by atoms with van der Waals surface area (Å²) in [6, 6.07) is 3.83. The molecule has 0 heterocycles. The van der Waals surface area contributed by atoms with Crippen LogP contribution in [-0.4, -0.2) is 13.6 Å².